The van der Waals surface area contributed by atoms with Crippen LogP contribution in [-0.4, -0.2) is 0 Å². The Kier molecular flexibility index (Phi) is 7.18. The van der Waals surface area contributed by atoms with Crippen LogP contribution in [0.2, 0.25) is 0 Å². The second-order valence-electron chi connectivity index (χ2n) is 16.6. The van der Waals surface area contributed by atoms with Gasteiger partial charge in [0.15, 0.2) is 0 Å². The Morgan fingerprint density at radius 2 is 0.893 bits per heavy atom. The van der Waals surface area contributed by atoms with E-state index in [2.05, 4.69) is 209 Å². The van der Waals surface area contributed by atoms with E-state index < -0.39 is 0 Å². The van der Waals surface area contributed by atoms with Crippen LogP contribution in [0.25, 0.3) is 64.7 Å². The van der Waals surface area contributed by atoms with Gasteiger partial charge in [-0.15, -0.1) is 11.3 Å². The van der Waals surface area contributed by atoms with Crippen molar-refractivity contribution in [2.75, 3.05) is 4.90 Å². The Morgan fingerprint density at radius 1 is 0.339 bits per heavy atom. The van der Waals surface area contributed by atoms with Crippen molar-refractivity contribution in [1.82, 2.24) is 0 Å². The van der Waals surface area contributed by atoms with Gasteiger partial charge in [0.05, 0.1) is 0 Å². The van der Waals surface area contributed by atoms with E-state index in [9.17, 15) is 0 Å². The third-order valence-electron chi connectivity index (χ3n) is 12.7. The van der Waals surface area contributed by atoms with Gasteiger partial charge in [-0.3, -0.25) is 0 Å². The van der Waals surface area contributed by atoms with E-state index in [-0.39, 0.29) is 10.8 Å². The lowest BCUT2D eigenvalue weighted by molar-refractivity contribution is 0.660. The molecule has 9 aromatic rings. The fourth-order valence-corrected chi connectivity index (χ4v) is 10.9. The molecule has 0 radical (unpaired) electrons. The number of thiophene rings is 1. The van der Waals surface area contributed by atoms with Gasteiger partial charge in [0, 0.05) is 48.1 Å². The number of benzene rings is 8. The summed E-state index contributed by atoms with van der Waals surface area (Å²) >= 11 is 1.87. The van der Waals surface area contributed by atoms with Crippen LogP contribution in [0, 0.1) is 0 Å². The van der Waals surface area contributed by atoms with Crippen molar-refractivity contribution in [3.8, 4) is 44.5 Å². The maximum Gasteiger partial charge on any atom is 0.0467 e. The normalized spacial score (nSPS) is 14.4. The summed E-state index contributed by atoms with van der Waals surface area (Å²) in [5.41, 5.74) is 19.1. The first-order valence-corrected chi connectivity index (χ1v) is 20.5. The number of anilines is 3. The van der Waals surface area contributed by atoms with Gasteiger partial charge in [0.25, 0.3) is 0 Å². The average molecular weight is 736 g/mol. The van der Waals surface area contributed by atoms with Crippen molar-refractivity contribution in [2.24, 2.45) is 0 Å². The molecular formula is C54H41NS. The van der Waals surface area contributed by atoms with Crippen molar-refractivity contribution < 1.29 is 0 Å². The highest BCUT2D eigenvalue weighted by Gasteiger charge is 2.37. The van der Waals surface area contributed by atoms with Gasteiger partial charge in [0.1, 0.15) is 0 Å². The van der Waals surface area contributed by atoms with Gasteiger partial charge in [-0.05, 0) is 121 Å². The van der Waals surface area contributed by atoms with Gasteiger partial charge in [-0.25, -0.2) is 0 Å². The molecule has 0 spiro atoms. The van der Waals surface area contributed by atoms with Gasteiger partial charge >= 0.3 is 0 Å². The van der Waals surface area contributed by atoms with E-state index in [4.69, 9.17) is 0 Å². The molecular weight excluding hydrogens is 695 g/mol. The van der Waals surface area contributed by atoms with Gasteiger partial charge in [0.2, 0.25) is 0 Å². The first kappa shape index (κ1) is 33.1. The lowest BCUT2D eigenvalue weighted by Gasteiger charge is -2.28. The highest BCUT2D eigenvalue weighted by atomic mass is 32.1. The summed E-state index contributed by atoms with van der Waals surface area (Å²) in [7, 11) is 0. The Labute approximate surface area is 333 Å². The summed E-state index contributed by atoms with van der Waals surface area (Å²) in [6, 6.07) is 65.8. The molecule has 56 heavy (non-hydrogen) atoms. The molecule has 0 amide bonds. The van der Waals surface area contributed by atoms with Crippen LogP contribution in [0.4, 0.5) is 17.1 Å². The van der Waals surface area contributed by atoms with Crippen molar-refractivity contribution in [1.29, 1.82) is 0 Å². The second-order valence-corrected chi connectivity index (χ2v) is 17.7. The zero-order chi connectivity index (χ0) is 37.8. The maximum absolute atomic E-state index is 2.44. The monoisotopic (exact) mass is 735 g/mol. The molecule has 0 aliphatic heterocycles. The van der Waals surface area contributed by atoms with E-state index in [0.29, 0.717) is 0 Å². The summed E-state index contributed by atoms with van der Waals surface area (Å²) in [6.07, 6.45) is 0. The molecule has 0 N–H and O–H groups in total. The van der Waals surface area contributed by atoms with E-state index >= 15 is 0 Å². The Bertz CT molecular complexity index is 3030. The zero-order valence-electron chi connectivity index (χ0n) is 32.1. The molecule has 0 fully saturated rings. The van der Waals surface area contributed by atoms with E-state index in [1.807, 2.05) is 11.3 Å². The predicted molar refractivity (Wildman–Crippen MR) is 240 cm³/mol. The van der Waals surface area contributed by atoms with Gasteiger partial charge in [-0.2, -0.15) is 0 Å². The highest BCUT2D eigenvalue weighted by Crippen LogP contribution is 2.52. The molecule has 2 heteroatoms. The minimum Gasteiger partial charge on any atom is -0.310 e. The highest BCUT2D eigenvalue weighted by molar-refractivity contribution is 7.25. The molecule has 11 rings (SSSR count). The molecule has 0 bridgehead atoms. The summed E-state index contributed by atoms with van der Waals surface area (Å²) in [5, 5.41) is 2.66. The van der Waals surface area contributed by atoms with Gasteiger partial charge < -0.3 is 4.90 Å². The number of nitrogens with zero attached hydrogens (tertiary/aromatic N) is 1. The predicted octanol–water partition coefficient (Wildman–Crippen LogP) is 15.5. The molecule has 1 nitrogen and oxygen atoms in total. The molecule has 1 heterocycles. The largest absolute Gasteiger partial charge is 0.310 e. The minimum atomic E-state index is -0.0982. The average Bonchev–Trinajstić information content (AvgIpc) is 3.80. The minimum absolute atomic E-state index is 0.0140. The first-order valence-electron chi connectivity index (χ1n) is 19.7. The fraction of sp³-hybridized carbons (Fsp3) is 0.111. The van der Waals surface area contributed by atoms with Crippen molar-refractivity contribution in [3.63, 3.8) is 0 Å². The summed E-state index contributed by atoms with van der Waals surface area (Å²) < 4.78 is 2.66. The molecule has 0 saturated carbocycles. The quantitative estimate of drug-likeness (QED) is 0.170. The topological polar surface area (TPSA) is 3.24 Å². The molecule has 2 aliphatic rings. The number of hydrogen-bond donors (Lipinski definition) is 0. The van der Waals surface area contributed by atoms with Crippen LogP contribution in [0.1, 0.15) is 49.9 Å². The smallest absolute Gasteiger partial charge is 0.0467 e. The van der Waals surface area contributed by atoms with E-state index in [1.54, 1.807) is 0 Å². The standard InChI is InChI=1S/C54H41NS/c1-53(2)48-18-9-6-15-42(48)46-31-36(23-29-49(46)53)35-12-11-13-39(30-35)55(40-26-28-43-41-14-5-8-17-47(41)54(3,4)50(43)33-40)38-24-20-34(21-25-38)37-22-27-45-44-16-7-10-19-51(44)56-52(45)32-37/h5-33H,1-4H3. The van der Waals surface area contributed by atoms with Crippen LogP contribution < -0.4 is 4.90 Å². The first-order chi connectivity index (χ1) is 27.3. The Balaban J connectivity index is 1.03. The third kappa shape index (κ3) is 4.92. The molecule has 0 atom stereocenters. The van der Waals surface area contributed by atoms with Crippen molar-refractivity contribution in [2.45, 2.75) is 38.5 Å². The fourth-order valence-electron chi connectivity index (χ4n) is 9.71. The lowest BCUT2D eigenvalue weighted by Crippen LogP contribution is -2.16. The summed E-state index contributed by atoms with van der Waals surface area (Å²) in [6.45, 7) is 9.42. The van der Waals surface area contributed by atoms with E-state index in [1.165, 1.54) is 86.9 Å². The number of hydrogen-bond acceptors (Lipinski definition) is 2. The van der Waals surface area contributed by atoms with Crippen LogP contribution in [0.15, 0.2) is 176 Å². The zero-order valence-corrected chi connectivity index (χ0v) is 32.9. The Morgan fingerprint density at radius 3 is 1.70 bits per heavy atom. The van der Waals surface area contributed by atoms with Crippen LogP contribution in [0.3, 0.4) is 0 Å². The maximum atomic E-state index is 2.44. The van der Waals surface area contributed by atoms with Crippen LogP contribution in [0.5, 0.6) is 0 Å². The molecule has 2 aliphatic carbocycles. The van der Waals surface area contributed by atoms with Gasteiger partial charge in [-0.1, -0.05) is 149 Å². The van der Waals surface area contributed by atoms with Crippen molar-refractivity contribution in [3.05, 3.63) is 198 Å². The number of rotatable bonds is 5. The SMILES string of the molecule is CC1(C)c2ccccc2-c2cc(-c3cccc(N(c4ccc(-c5ccc6c(c5)sc5ccccc56)cc4)c4ccc5c(c4)C(C)(C)c4ccccc4-5)c3)ccc21. The molecule has 268 valence electrons. The second kappa shape index (κ2) is 12.1. The Hall–Kier alpha value is -6.22. The third-order valence-corrected chi connectivity index (χ3v) is 13.8. The molecule has 0 saturated heterocycles. The van der Waals surface area contributed by atoms with Crippen LogP contribution in [-0.2, 0) is 10.8 Å². The summed E-state index contributed by atoms with van der Waals surface area (Å²) in [4.78, 5) is 2.44. The lowest BCUT2D eigenvalue weighted by atomic mass is 9.82. The van der Waals surface area contributed by atoms with Crippen molar-refractivity contribution >= 4 is 48.6 Å². The molecule has 0 unspecified atom stereocenters. The molecule has 8 aromatic carbocycles. The summed E-state index contributed by atoms with van der Waals surface area (Å²) in [5.74, 6) is 0. The van der Waals surface area contributed by atoms with E-state index in [0.717, 1.165) is 17.1 Å². The number of fused-ring (bicyclic) bond motifs is 9. The molecule has 1 aromatic heterocycles. The van der Waals surface area contributed by atoms with Crippen LogP contribution >= 0.6 is 11.3 Å².